The predicted molar refractivity (Wildman–Crippen MR) is 347 cm³/mol. The van der Waals surface area contributed by atoms with Crippen molar-refractivity contribution in [1.82, 2.24) is 0 Å². The SMILES string of the molecule is C=C[Si](C)(C)O[Si](C)(C)O[Si](C)(C)CCCCCCCC[Si](C)(OC)OC.C=C[Si](C)(C)O[Si](C)(C)O[Si](C)(C)CC[Si](C)(OC)OC.CO[Si](C)(CCCCCCCC[Si](C)(C)O[Si](C)(C)O[SiH](C)C)OC. The van der Waals surface area contributed by atoms with Gasteiger partial charge in [0.1, 0.15) is 0 Å². The van der Waals surface area contributed by atoms with E-state index in [0.717, 1.165) is 24.2 Å². The Bertz CT molecular complexity index is 1440. The summed E-state index contributed by atoms with van der Waals surface area (Å²) in [6.07, 6.45) is 15.5. The minimum atomic E-state index is -2.13. The van der Waals surface area contributed by atoms with Crippen molar-refractivity contribution in [2.75, 3.05) is 42.7 Å². The van der Waals surface area contributed by atoms with Gasteiger partial charge >= 0.3 is 51.4 Å². The molecule has 0 aliphatic rings. The summed E-state index contributed by atoms with van der Waals surface area (Å²) in [5.41, 5.74) is 3.98. The van der Waals surface area contributed by atoms with Crippen LogP contribution >= 0.6 is 0 Å². The van der Waals surface area contributed by atoms with Gasteiger partial charge in [-0.2, -0.15) is 0 Å². The van der Waals surface area contributed by atoms with Crippen molar-refractivity contribution in [3.05, 3.63) is 24.6 Å². The summed E-state index contributed by atoms with van der Waals surface area (Å²) in [7, 11) is -10.9. The largest absolute Gasteiger partial charge is 0.440 e. The first kappa shape index (κ1) is 78.8. The molecule has 0 saturated heterocycles. The molecule has 0 aliphatic carbocycles. The zero-order valence-corrected chi connectivity index (χ0v) is 65.4. The zero-order chi connectivity index (χ0) is 57.7. The van der Waals surface area contributed by atoms with Gasteiger partial charge < -0.3 is 51.2 Å². The van der Waals surface area contributed by atoms with Crippen molar-refractivity contribution in [1.29, 1.82) is 0 Å². The molecule has 0 bridgehead atoms. The van der Waals surface area contributed by atoms with Crippen LogP contribution in [0, 0.1) is 0 Å². The summed E-state index contributed by atoms with van der Waals surface area (Å²) < 4.78 is 71.8. The first-order valence-electron chi connectivity index (χ1n) is 27.8. The van der Waals surface area contributed by atoms with E-state index in [-0.39, 0.29) is 0 Å². The number of hydrogen-bond donors (Lipinski definition) is 0. The van der Waals surface area contributed by atoms with Gasteiger partial charge in [-0.1, -0.05) is 88.4 Å². The van der Waals surface area contributed by atoms with Gasteiger partial charge in [0, 0.05) is 42.7 Å². The second kappa shape index (κ2) is 36.9. The highest BCUT2D eigenvalue weighted by atomic mass is 28.5. The second-order valence-corrected chi connectivity index (χ2v) is 70.7. The van der Waals surface area contributed by atoms with Crippen LogP contribution in [0.2, 0.25) is 174 Å². The Morgan fingerprint density at radius 2 is 0.534 bits per heavy atom. The molecule has 0 rings (SSSR count). The highest BCUT2D eigenvalue weighted by Gasteiger charge is 2.42. The van der Waals surface area contributed by atoms with E-state index in [1.54, 1.807) is 42.7 Å². The summed E-state index contributed by atoms with van der Waals surface area (Å²) in [6, 6.07) is 6.68. The molecule has 440 valence electrons. The third-order valence-electron chi connectivity index (χ3n) is 13.2. The second-order valence-electron chi connectivity index (χ2n) is 25.1. The van der Waals surface area contributed by atoms with Crippen molar-refractivity contribution >= 4 is 102 Å². The minimum Gasteiger partial charge on any atom is -0.440 e. The fourth-order valence-electron chi connectivity index (χ4n) is 8.93. The van der Waals surface area contributed by atoms with E-state index in [1.807, 2.05) is 11.4 Å². The van der Waals surface area contributed by atoms with Crippen LogP contribution in [0.25, 0.3) is 0 Å². The van der Waals surface area contributed by atoms with Gasteiger partial charge in [-0.15, -0.1) is 13.2 Å². The molecule has 0 fully saturated rings. The predicted octanol–water partition coefficient (Wildman–Crippen LogP) is 16.4. The number of hydrogen-bond acceptors (Lipinski definition) is 12. The molecule has 0 spiro atoms. The lowest BCUT2D eigenvalue weighted by atomic mass is 10.1. The van der Waals surface area contributed by atoms with Gasteiger partial charge in [0.05, 0.1) is 0 Å². The topological polar surface area (TPSA) is 111 Å². The van der Waals surface area contributed by atoms with Gasteiger partial charge in [-0.25, -0.2) is 0 Å². The first-order chi connectivity index (χ1) is 33.1. The molecule has 12 nitrogen and oxygen atoms in total. The van der Waals surface area contributed by atoms with Gasteiger partial charge in [0.15, 0.2) is 50.6 Å². The van der Waals surface area contributed by atoms with E-state index in [9.17, 15) is 0 Å². The summed E-state index contributed by atoms with van der Waals surface area (Å²) in [5.74, 6) is 0. The molecule has 0 saturated carbocycles. The van der Waals surface area contributed by atoms with Crippen molar-refractivity contribution in [2.24, 2.45) is 0 Å². The van der Waals surface area contributed by atoms with Crippen LogP contribution in [0.3, 0.4) is 0 Å². The van der Waals surface area contributed by atoms with Crippen LogP contribution in [0.1, 0.15) is 77.0 Å². The van der Waals surface area contributed by atoms with E-state index >= 15 is 0 Å². The van der Waals surface area contributed by atoms with Gasteiger partial charge in [0.25, 0.3) is 0 Å². The lowest BCUT2D eigenvalue weighted by molar-refractivity contribution is 0.247. The first-order valence-corrected chi connectivity index (χ1v) is 61.9. The molecular weight excluding hydrogens is 1120 g/mol. The lowest BCUT2D eigenvalue weighted by Gasteiger charge is -2.38. The van der Waals surface area contributed by atoms with Crippen molar-refractivity contribution in [3.8, 4) is 0 Å². The average Bonchev–Trinajstić information content (AvgIpc) is 3.25. The maximum atomic E-state index is 6.59. The summed E-state index contributed by atoms with van der Waals surface area (Å²) in [4.78, 5) is 0. The van der Waals surface area contributed by atoms with Crippen LogP contribution in [0.5, 0.6) is 0 Å². The van der Waals surface area contributed by atoms with Crippen molar-refractivity contribution in [3.63, 3.8) is 0 Å². The molecule has 0 aromatic heterocycles. The fourth-order valence-corrected chi connectivity index (χ4v) is 53.1. The van der Waals surface area contributed by atoms with E-state index in [1.165, 1.54) is 89.1 Å². The normalized spacial score (nSPS) is 13.9. The van der Waals surface area contributed by atoms with Crippen LogP contribution in [-0.2, 0) is 51.2 Å². The molecule has 0 aromatic carbocycles. The molecule has 0 heterocycles. The third kappa shape index (κ3) is 43.1. The Balaban J connectivity index is -0.00000101. The highest BCUT2D eigenvalue weighted by Crippen LogP contribution is 2.29. The summed E-state index contributed by atoms with van der Waals surface area (Å²) >= 11 is 0. The molecule has 0 N–H and O–H groups in total. The van der Waals surface area contributed by atoms with E-state index in [0.29, 0.717) is 0 Å². The van der Waals surface area contributed by atoms with Gasteiger partial charge in [-0.05, 0) is 174 Å². The molecule has 0 amide bonds. The Morgan fingerprint density at radius 1 is 0.301 bits per heavy atom. The summed E-state index contributed by atoms with van der Waals surface area (Å²) in [6.45, 7) is 54.4. The average molecular weight is 1240 g/mol. The van der Waals surface area contributed by atoms with E-state index in [2.05, 4.69) is 151 Å². The Morgan fingerprint density at radius 3 is 0.795 bits per heavy atom. The Kier molecular flexibility index (Phi) is 39.8. The lowest BCUT2D eigenvalue weighted by Crippen LogP contribution is -2.52. The standard InChI is InChI=1S/C19H46O4Si4.C17H44O4Si4.C13H34O4Si4/c1-11-24(4,5)22-26(8,9)23-25(6,7)18-16-14-12-13-15-17-19-27(10,20-2)21-3;1-18-25(9,19-2)17-15-13-11-10-12-14-16-23(5,6)21-24(7,8)20-22(3)4;1-11-18(4,5)16-20(8,9)17-19(6,7)12-13-21(10,14-2)15-3/h11H,1,12-19H2,2-10H3;22H,10-17H2,1-9H3;11H,1,12-13H2,2-10H3. The van der Waals surface area contributed by atoms with Crippen LogP contribution in [-0.4, -0.2) is 145 Å². The molecule has 0 aliphatic heterocycles. The molecule has 73 heavy (non-hydrogen) atoms. The Labute approximate surface area is 468 Å². The smallest absolute Gasteiger partial charge is 0.334 e. The minimum absolute atomic E-state index is 0.964. The zero-order valence-electron chi connectivity index (χ0n) is 53.3. The maximum Gasteiger partial charge on any atom is 0.334 e. The van der Waals surface area contributed by atoms with Gasteiger partial charge in [-0.3, -0.25) is 0 Å². The van der Waals surface area contributed by atoms with Crippen LogP contribution in [0.15, 0.2) is 24.6 Å². The van der Waals surface area contributed by atoms with E-state index in [4.69, 9.17) is 51.2 Å². The van der Waals surface area contributed by atoms with Crippen molar-refractivity contribution in [2.45, 2.75) is 251 Å². The summed E-state index contributed by atoms with van der Waals surface area (Å²) in [5, 5.41) is 0. The van der Waals surface area contributed by atoms with Crippen LogP contribution in [0.4, 0.5) is 0 Å². The maximum absolute atomic E-state index is 6.59. The van der Waals surface area contributed by atoms with E-state index < -0.39 is 102 Å². The molecule has 0 atom stereocenters. The molecule has 24 heteroatoms. The van der Waals surface area contributed by atoms with Crippen molar-refractivity contribution < 1.29 is 51.2 Å². The number of unbranched alkanes of at least 4 members (excludes halogenated alkanes) is 10. The molecule has 0 unspecified atom stereocenters. The molecule has 0 aromatic rings. The molecular formula is C49H124O12Si12. The quantitative estimate of drug-likeness (QED) is 0.0429. The monoisotopic (exact) mass is 1240 g/mol. The van der Waals surface area contributed by atoms with Crippen LogP contribution < -0.4 is 0 Å². The fraction of sp³-hybridized carbons (Fsp3) is 0.918. The number of rotatable bonds is 41. The van der Waals surface area contributed by atoms with Gasteiger partial charge in [0.2, 0.25) is 0 Å². The third-order valence-corrected chi connectivity index (χ3v) is 53.9. The Hall–Kier alpha value is 1.60. The highest BCUT2D eigenvalue weighted by molar-refractivity contribution is 6.90. The molecule has 0 radical (unpaired) electrons.